The third-order valence-electron chi connectivity index (χ3n) is 4.39. The molecule has 3 aromatic rings. The molecule has 0 spiro atoms. The van der Waals surface area contributed by atoms with Crippen molar-refractivity contribution < 1.29 is 26.7 Å². The van der Waals surface area contributed by atoms with E-state index in [0.717, 1.165) is 12.1 Å². The van der Waals surface area contributed by atoms with E-state index in [1.807, 2.05) is 0 Å². The van der Waals surface area contributed by atoms with Gasteiger partial charge in [0, 0.05) is 48.3 Å². The molecule has 3 heterocycles. The lowest BCUT2D eigenvalue weighted by molar-refractivity contribution is -0.141. The average molecular weight is 370 g/mol. The van der Waals surface area contributed by atoms with Crippen molar-refractivity contribution >= 4 is 16.8 Å². The zero-order chi connectivity index (χ0) is 18.6. The highest BCUT2D eigenvalue weighted by Crippen LogP contribution is 2.31. The van der Waals surface area contributed by atoms with Crippen LogP contribution in [-0.2, 0) is 19.1 Å². The number of amides is 1. The van der Waals surface area contributed by atoms with E-state index in [0.29, 0.717) is 29.1 Å². The number of aromatic nitrogens is 3. The number of hydrogen-bond donors (Lipinski definition) is 2. The Bertz CT molecular complexity index is 1020. The van der Waals surface area contributed by atoms with Crippen LogP contribution >= 0.6 is 0 Å². The maximum absolute atomic E-state index is 13.9. The Morgan fingerprint density at radius 1 is 1.19 bits per heavy atom. The van der Waals surface area contributed by atoms with Crippen molar-refractivity contribution in [3.63, 3.8) is 0 Å². The van der Waals surface area contributed by atoms with E-state index in [4.69, 9.17) is 0 Å². The molecule has 136 valence electrons. The minimum atomic E-state index is -4.63. The zero-order valence-electron chi connectivity index (χ0n) is 13.0. The second kappa shape index (κ2) is 5.55. The number of hydrogen-bond acceptors (Lipinski definition) is 2. The Morgan fingerprint density at radius 3 is 2.65 bits per heavy atom. The number of nitrogens with zero attached hydrogens (tertiary/aromatic N) is 2. The van der Waals surface area contributed by atoms with Gasteiger partial charge in [-0.15, -0.1) is 0 Å². The van der Waals surface area contributed by atoms with Gasteiger partial charge in [-0.25, -0.2) is 8.78 Å². The van der Waals surface area contributed by atoms with Crippen LogP contribution in [0.15, 0.2) is 18.2 Å². The summed E-state index contributed by atoms with van der Waals surface area (Å²) in [6.07, 6.45) is -4.29. The summed E-state index contributed by atoms with van der Waals surface area (Å²) in [5, 5.41) is 5.54. The number of rotatable bonds is 1. The van der Waals surface area contributed by atoms with Crippen LogP contribution in [0.3, 0.4) is 0 Å². The highest BCUT2D eigenvalue weighted by molar-refractivity contribution is 5.93. The van der Waals surface area contributed by atoms with Crippen molar-refractivity contribution in [2.75, 3.05) is 6.54 Å². The number of carbonyl (C=O) groups is 1. The number of alkyl halides is 3. The Hall–Kier alpha value is -2.91. The van der Waals surface area contributed by atoms with E-state index < -0.39 is 29.4 Å². The molecule has 0 saturated heterocycles. The number of H-pyrrole nitrogens is 2. The predicted octanol–water partition coefficient (Wildman–Crippen LogP) is 3.39. The van der Waals surface area contributed by atoms with Gasteiger partial charge in [-0.05, 0) is 6.07 Å². The lowest BCUT2D eigenvalue weighted by Crippen LogP contribution is -2.36. The molecule has 0 bridgehead atoms. The van der Waals surface area contributed by atoms with E-state index in [9.17, 15) is 26.7 Å². The molecular weight excluding hydrogens is 359 g/mol. The summed E-state index contributed by atoms with van der Waals surface area (Å²) in [4.78, 5) is 16.6. The molecule has 1 amide bonds. The minimum Gasteiger partial charge on any atom is -0.356 e. The molecule has 10 heteroatoms. The Morgan fingerprint density at radius 2 is 1.96 bits per heavy atom. The third kappa shape index (κ3) is 2.61. The first kappa shape index (κ1) is 16.6. The lowest BCUT2D eigenvalue weighted by atomic mass is 10.0. The summed E-state index contributed by atoms with van der Waals surface area (Å²) in [7, 11) is 0. The van der Waals surface area contributed by atoms with E-state index in [2.05, 4.69) is 10.1 Å². The number of halogens is 5. The first-order valence-electron chi connectivity index (χ1n) is 7.64. The highest BCUT2D eigenvalue weighted by Gasteiger charge is 2.35. The molecule has 0 fully saturated rings. The molecule has 1 aliphatic heterocycles. The molecule has 0 aliphatic carbocycles. The summed E-state index contributed by atoms with van der Waals surface area (Å²) in [5.41, 5.74) is -0.117. The molecule has 4 rings (SSSR count). The first-order chi connectivity index (χ1) is 12.2. The molecule has 1 aromatic carbocycles. The monoisotopic (exact) mass is 370 g/mol. The van der Waals surface area contributed by atoms with Gasteiger partial charge in [0.1, 0.15) is 17.3 Å². The molecule has 0 radical (unpaired) electrons. The number of nitrogens with one attached hydrogen (secondary N) is 2. The molecule has 2 aromatic heterocycles. The molecule has 1 aliphatic rings. The Balaban J connectivity index is 1.66. The average Bonchev–Trinajstić information content (AvgIpc) is 3.18. The maximum Gasteiger partial charge on any atom is 0.432 e. The van der Waals surface area contributed by atoms with Crippen LogP contribution < -0.4 is 0 Å². The number of aromatic amines is 2. The number of carbonyl (C=O) groups excluding carboxylic acids is 1. The molecule has 0 unspecified atom stereocenters. The van der Waals surface area contributed by atoms with Gasteiger partial charge in [0.05, 0.1) is 5.52 Å². The van der Waals surface area contributed by atoms with Gasteiger partial charge in [-0.2, -0.15) is 18.3 Å². The summed E-state index contributed by atoms with van der Waals surface area (Å²) in [6.45, 7) is 0.238. The smallest absolute Gasteiger partial charge is 0.356 e. The fourth-order valence-corrected chi connectivity index (χ4v) is 3.15. The van der Waals surface area contributed by atoms with E-state index >= 15 is 0 Å². The van der Waals surface area contributed by atoms with Crippen LogP contribution in [-0.4, -0.2) is 32.5 Å². The van der Waals surface area contributed by atoms with Crippen molar-refractivity contribution in [2.24, 2.45) is 0 Å². The fraction of sp³-hybridized carbons (Fsp3) is 0.250. The van der Waals surface area contributed by atoms with E-state index in [-0.39, 0.29) is 24.3 Å². The third-order valence-corrected chi connectivity index (χ3v) is 4.39. The zero-order valence-corrected chi connectivity index (χ0v) is 13.0. The molecule has 2 N–H and O–H groups in total. The number of fused-ring (bicyclic) bond motifs is 3. The van der Waals surface area contributed by atoms with Crippen LogP contribution in [0.5, 0.6) is 0 Å². The topological polar surface area (TPSA) is 64.8 Å². The Kier molecular flexibility index (Phi) is 3.53. The summed E-state index contributed by atoms with van der Waals surface area (Å²) in [5.74, 6) is -2.18. The second-order valence-corrected chi connectivity index (χ2v) is 6.03. The van der Waals surface area contributed by atoms with Crippen LogP contribution in [0.2, 0.25) is 0 Å². The standard InChI is InChI=1S/C16H11F5N4O/c17-7-3-8-9-6-25(2-1-11(9)22-14(8)10(18)4-7)15(26)12-5-13(24-23-12)16(19,20)21/h3-5,22H,1-2,6H2,(H,23,24). The molecule has 5 nitrogen and oxygen atoms in total. The number of benzene rings is 1. The van der Waals surface area contributed by atoms with Crippen LogP contribution in [0, 0.1) is 11.6 Å². The van der Waals surface area contributed by atoms with Gasteiger partial charge in [-0.1, -0.05) is 0 Å². The normalized spacial score (nSPS) is 14.7. The van der Waals surface area contributed by atoms with Crippen LogP contribution in [0.1, 0.15) is 27.4 Å². The molecule has 0 saturated carbocycles. The summed E-state index contributed by atoms with van der Waals surface area (Å²) >= 11 is 0. The van der Waals surface area contributed by atoms with Crippen LogP contribution in [0.4, 0.5) is 22.0 Å². The SMILES string of the molecule is O=C(c1cc(C(F)(F)F)[nH]n1)N1CCc2[nH]c3c(F)cc(F)cc3c2C1. The maximum atomic E-state index is 13.9. The summed E-state index contributed by atoms with van der Waals surface area (Å²) in [6, 6.07) is 2.57. The fourth-order valence-electron chi connectivity index (χ4n) is 3.15. The van der Waals surface area contributed by atoms with Gasteiger partial charge in [0.15, 0.2) is 5.69 Å². The van der Waals surface area contributed by atoms with Crippen molar-refractivity contribution in [3.05, 3.63) is 52.5 Å². The minimum absolute atomic E-state index is 0.0191. The van der Waals surface area contributed by atoms with Crippen LogP contribution in [0.25, 0.3) is 10.9 Å². The van der Waals surface area contributed by atoms with E-state index in [1.54, 1.807) is 5.10 Å². The van der Waals surface area contributed by atoms with Crippen molar-refractivity contribution in [1.29, 1.82) is 0 Å². The van der Waals surface area contributed by atoms with Crippen molar-refractivity contribution in [3.8, 4) is 0 Å². The van der Waals surface area contributed by atoms with Gasteiger partial charge in [-0.3, -0.25) is 9.89 Å². The van der Waals surface area contributed by atoms with Gasteiger partial charge in [0.2, 0.25) is 0 Å². The quantitative estimate of drug-likeness (QED) is 0.645. The van der Waals surface area contributed by atoms with Gasteiger partial charge >= 0.3 is 6.18 Å². The van der Waals surface area contributed by atoms with Gasteiger partial charge in [0.25, 0.3) is 5.91 Å². The lowest BCUT2D eigenvalue weighted by Gasteiger charge is -2.26. The molecule has 26 heavy (non-hydrogen) atoms. The van der Waals surface area contributed by atoms with E-state index in [1.165, 1.54) is 4.90 Å². The molecule has 0 atom stereocenters. The highest BCUT2D eigenvalue weighted by atomic mass is 19.4. The Labute approximate surface area is 142 Å². The van der Waals surface area contributed by atoms with Crippen molar-refractivity contribution in [1.82, 2.24) is 20.1 Å². The first-order valence-corrected chi connectivity index (χ1v) is 7.64. The molecular formula is C16H11F5N4O. The second-order valence-electron chi connectivity index (χ2n) is 6.03. The van der Waals surface area contributed by atoms with Gasteiger partial charge < -0.3 is 9.88 Å². The van der Waals surface area contributed by atoms with Crippen molar-refractivity contribution in [2.45, 2.75) is 19.1 Å². The summed E-state index contributed by atoms with van der Waals surface area (Å²) < 4.78 is 65.3. The largest absolute Gasteiger partial charge is 0.432 e. The predicted molar refractivity (Wildman–Crippen MR) is 80.2 cm³/mol.